The van der Waals surface area contributed by atoms with Gasteiger partial charge in [0.2, 0.25) is 0 Å². The maximum Gasteiger partial charge on any atom is 0.416 e. The van der Waals surface area contributed by atoms with Gasteiger partial charge < -0.3 is 14.2 Å². The van der Waals surface area contributed by atoms with E-state index < -0.39 is 35.5 Å². The highest BCUT2D eigenvalue weighted by atomic mass is 19.4. The molecule has 3 rings (SSSR count). The summed E-state index contributed by atoms with van der Waals surface area (Å²) in [5, 5.41) is 0. The maximum atomic E-state index is 13.6. The summed E-state index contributed by atoms with van der Waals surface area (Å²) < 4.78 is 55.8. The van der Waals surface area contributed by atoms with Crippen molar-refractivity contribution in [2.75, 3.05) is 26.9 Å². The second-order valence-corrected chi connectivity index (χ2v) is 6.38. The van der Waals surface area contributed by atoms with Crippen molar-refractivity contribution in [1.82, 2.24) is 0 Å². The number of ether oxygens (including phenoxy) is 3. The highest BCUT2D eigenvalue weighted by Gasteiger charge is 2.49. The summed E-state index contributed by atoms with van der Waals surface area (Å²) in [6.45, 7) is 1.44. The Kier molecular flexibility index (Phi) is 5.55. The van der Waals surface area contributed by atoms with Crippen LogP contribution >= 0.6 is 0 Å². The van der Waals surface area contributed by atoms with Gasteiger partial charge in [0.25, 0.3) is 0 Å². The highest BCUT2D eigenvalue weighted by molar-refractivity contribution is 6.12. The smallest absolute Gasteiger partial charge is 0.416 e. The van der Waals surface area contributed by atoms with Crippen molar-refractivity contribution in [2.45, 2.75) is 19.0 Å². The highest BCUT2D eigenvalue weighted by Crippen LogP contribution is 2.46. The number of carbonyl (C=O) groups is 2. The van der Waals surface area contributed by atoms with E-state index in [4.69, 9.17) is 14.2 Å². The summed E-state index contributed by atoms with van der Waals surface area (Å²) in [7, 11) is 1.42. The van der Waals surface area contributed by atoms with Crippen molar-refractivity contribution < 1.29 is 37.0 Å². The predicted molar refractivity (Wildman–Crippen MR) is 91.6 cm³/mol. The molecule has 2 heterocycles. The van der Waals surface area contributed by atoms with E-state index in [1.807, 2.05) is 0 Å². The Morgan fingerprint density at radius 3 is 2.64 bits per heavy atom. The van der Waals surface area contributed by atoms with E-state index in [0.717, 1.165) is 6.07 Å². The molecule has 150 valence electrons. The summed E-state index contributed by atoms with van der Waals surface area (Å²) in [6, 6.07) is 4.87. The lowest BCUT2D eigenvalue weighted by Gasteiger charge is -2.30. The van der Waals surface area contributed by atoms with E-state index in [9.17, 15) is 22.8 Å². The summed E-state index contributed by atoms with van der Waals surface area (Å²) >= 11 is 0. The van der Waals surface area contributed by atoms with Crippen LogP contribution in [0.25, 0.3) is 0 Å². The molecule has 0 N–H and O–H groups in total. The molecule has 0 radical (unpaired) electrons. The van der Waals surface area contributed by atoms with Gasteiger partial charge in [-0.25, -0.2) is 4.79 Å². The van der Waals surface area contributed by atoms with Gasteiger partial charge in [0, 0.05) is 18.7 Å². The number of carbonyl (C=O) groups excluding carboxylic acids is 2. The van der Waals surface area contributed by atoms with E-state index in [1.165, 1.54) is 32.2 Å². The van der Waals surface area contributed by atoms with Crippen molar-refractivity contribution >= 4 is 17.7 Å². The van der Waals surface area contributed by atoms with Crippen LogP contribution in [-0.2, 0) is 30.0 Å². The molecule has 0 aliphatic carbocycles. The standard InChI is InChI=1S/C19H18F3NO5/c1-10-14(17(24)27-8-7-26-2)15(16-13(23-10)9-28-18(16)25)11-5-3-4-6-12(11)19(20,21)22/h3-6,15-16H,7-9H2,1-2H3. The lowest BCUT2D eigenvalue weighted by molar-refractivity contribution is -0.144. The molecule has 2 atom stereocenters. The minimum Gasteiger partial charge on any atom is -0.460 e. The summed E-state index contributed by atoms with van der Waals surface area (Å²) in [6.07, 6.45) is -4.66. The minimum atomic E-state index is -4.66. The molecule has 1 fully saturated rings. The van der Waals surface area contributed by atoms with Crippen LogP contribution in [0.1, 0.15) is 24.0 Å². The second kappa shape index (κ2) is 7.75. The SMILES string of the molecule is COCCOC(=O)C1=C(C)N=C2COC(=O)C2C1c1ccccc1C(F)(F)F. The molecule has 0 amide bonds. The van der Waals surface area contributed by atoms with Gasteiger partial charge in [-0.2, -0.15) is 13.2 Å². The first-order valence-corrected chi connectivity index (χ1v) is 8.52. The topological polar surface area (TPSA) is 74.2 Å². The van der Waals surface area contributed by atoms with Crippen LogP contribution in [0.2, 0.25) is 0 Å². The first kappa shape index (κ1) is 20.1. The van der Waals surface area contributed by atoms with Gasteiger partial charge in [-0.1, -0.05) is 18.2 Å². The van der Waals surface area contributed by atoms with E-state index in [1.54, 1.807) is 0 Å². The summed E-state index contributed by atoms with van der Waals surface area (Å²) in [4.78, 5) is 29.2. The minimum absolute atomic E-state index is 0.0779. The molecule has 1 aromatic rings. The molecule has 0 aromatic heterocycles. The number of halogens is 3. The molecule has 0 spiro atoms. The zero-order valence-corrected chi connectivity index (χ0v) is 15.2. The van der Waals surface area contributed by atoms with Gasteiger partial charge in [-0.3, -0.25) is 9.79 Å². The van der Waals surface area contributed by atoms with Gasteiger partial charge in [0.15, 0.2) is 0 Å². The quantitative estimate of drug-likeness (QED) is 0.564. The van der Waals surface area contributed by atoms with E-state index in [-0.39, 0.29) is 36.7 Å². The third-order valence-corrected chi connectivity index (χ3v) is 4.66. The Morgan fingerprint density at radius 1 is 1.25 bits per heavy atom. The molecule has 2 aliphatic rings. The number of aliphatic imine (C=N–C) groups is 1. The fourth-order valence-electron chi connectivity index (χ4n) is 3.49. The van der Waals surface area contributed by atoms with Gasteiger partial charge in [-0.05, 0) is 18.6 Å². The van der Waals surface area contributed by atoms with Crippen molar-refractivity contribution in [3.63, 3.8) is 0 Å². The Hall–Kier alpha value is -2.68. The molecular formula is C19H18F3NO5. The average molecular weight is 397 g/mol. The number of methoxy groups -OCH3 is 1. The van der Waals surface area contributed by atoms with Crippen molar-refractivity contribution in [3.8, 4) is 0 Å². The lowest BCUT2D eigenvalue weighted by Crippen LogP contribution is -2.34. The van der Waals surface area contributed by atoms with Crippen LogP contribution in [0, 0.1) is 5.92 Å². The number of esters is 2. The van der Waals surface area contributed by atoms with Crippen LogP contribution in [0.5, 0.6) is 0 Å². The zero-order valence-electron chi connectivity index (χ0n) is 15.2. The van der Waals surface area contributed by atoms with Crippen molar-refractivity contribution in [2.24, 2.45) is 10.9 Å². The first-order chi connectivity index (χ1) is 13.3. The molecule has 1 aromatic carbocycles. The number of benzene rings is 1. The zero-order chi connectivity index (χ0) is 20.5. The number of rotatable bonds is 5. The monoisotopic (exact) mass is 397 g/mol. The molecule has 6 nitrogen and oxygen atoms in total. The normalized spacial score (nSPS) is 21.9. The number of hydrogen-bond donors (Lipinski definition) is 0. The van der Waals surface area contributed by atoms with Crippen molar-refractivity contribution in [1.29, 1.82) is 0 Å². The largest absolute Gasteiger partial charge is 0.460 e. The Bertz CT molecular complexity index is 859. The van der Waals surface area contributed by atoms with Crippen LogP contribution < -0.4 is 0 Å². The molecule has 9 heteroatoms. The van der Waals surface area contributed by atoms with Crippen LogP contribution in [0.15, 0.2) is 40.5 Å². The summed E-state index contributed by atoms with van der Waals surface area (Å²) in [5.74, 6) is -3.85. The van der Waals surface area contributed by atoms with Gasteiger partial charge in [-0.15, -0.1) is 0 Å². The number of fused-ring (bicyclic) bond motifs is 1. The summed E-state index contributed by atoms with van der Waals surface area (Å²) in [5.41, 5.74) is -0.688. The van der Waals surface area contributed by atoms with Gasteiger partial charge in [0.05, 0.1) is 23.5 Å². The van der Waals surface area contributed by atoms with Crippen LogP contribution in [0.3, 0.4) is 0 Å². The third kappa shape index (κ3) is 3.66. The Labute approximate surface area is 159 Å². The van der Waals surface area contributed by atoms with Crippen LogP contribution in [0.4, 0.5) is 13.2 Å². The number of nitrogens with zero attached hydrogens (tertiary/aromatic N) is 1. The molecule has 2 unspecified atom stereocenters. The number of cyclic esters (lactones) is 1. The molecule has 0 bridgehead atoms. The van der Waals surface area contributed by atoms with E-state index >= 15 is 0 Å². The Morgan fingerprint density at radius 2 is 1.96 bits per heavy atom. The Balaban J connectivity index is 2.13. The van der Waals surface area contributed by atoms with E-state index in [0.29, 0.717) is 5.71 Å². The second-order valence-electron chi connectivity index (χ2n) is 6.38. The maximum absolute atomic E-state index is 13.6. The predicted octanol–water partition coefficient (Wildman–Crippen LogP) is 2.88. The molecule has 1 saturated heterocycles. The van der Waals surface area contributed by atoms with Gasteiger partial charge in [0.1, 0.15) is 19.1 Å². The molecule has 2 aliphatic heterocycles. The average Bonchev–Trinajstić information content (AvgIpc) is 3.00. The van der Waals surface area contributed by atoms with Crippen LogP contribution in [-0.4, -0.2) is 44.6 Å². The molecular weight excluding hydrogens is 379 g/mol. The fourth-order valence-corrected chi connectivity index (χ4v) is 3.49. The third-order valence-electron chi connectivity index (χ3n) is 4.66. The lowest BCUT2D eigenvalue weighted by atomic mass is 9.74. The molecule has 28 heavy (non-hydrogen) atoms. The first-order valence-electron chi connectivity index (χ1n) is 8.52. The number of hydrogen-bond acceptors (Lipinski definition) is 6. The van der Waals surface area contributed by atoms with Gasteiger partial charge >= 0.3 is 18.1 Å². The number of alkyl halides is 3. The van der Waals surface area contributed by atoms with E-state index in [2.05, 4.69) is 4.99 Å². The number of allylic oxidation sites excluding steroid dienone is 1. The molecule has 0 saturated carbocycles. The fraction of sp³-hybridized carbons (Fsp3) is 0.421. The van der Waals surface area contributed by atoms with Crippen molar-refractivity contribution in [3.05, 3.63) is 46.7 Å².